The Morgan fingerprint density at radius 3 is 2.17 bits per heavy atom. The van der Waals surface area contributed by atoms with E-state index in [-0.39, 0.29) is 12.0 Å². The highest BCUT2D eigenvalue weighted by molar-refractivity contribution is 7.88. The molecule has 2 aliphatic rings. The number of carbonyl (C=O) groups excluding carboxylic acids is 1. The lowest BCUT2D eigenvalue weighted by molar-refractivity contribution is -0.144. The van der Waals surface area contributed by atoms with E-state index in [4.69, 9.17) is 4.74 Å². The van der Waals surface area contributed by atoms with Gasteiger partial charge in [0.15, 0.2) is 0 Å². The fraction of sp³-hybridized carbons (Fsp3) is 0.909. The van der Waals surface area contributed by atoms with Gasteiger partial charge in [-0.15, -0.1) is 0 Å². The SMILES string of the molecule is COC(C(=O)N1CCN(S(C)(=O)=O)CC1)C1CC1. The highest BCUT2D eigenvalue weighted by atomic mass is 32.2. The molecule has 1 aliphatic carbocycles. The predicted octanol–water partition coefficient (Wildman–Crippen LogP) is -0.485. The lowest BCUT2D eigenvalue weighted by Gasteiger charge is -2.34. The Morgan fingerprint density at radius 2 is 1.78 bits per heavy atom. The zero-order chi connectivity index (χ0) is 13.3. The van der Waals surface area contributed by atoms with Crippen LogP contribution in [-0.2, 0) is 19.6 Å². The molecule has 104 valence electrons. The molecule has 1 atom stereocenters. The maximum Gasteiger partial charge on any atom is 0.252 e. The van der Waals surface area contributed by atoms with Crippen LogP contribution in [0, 0.1) is 5.92 Å². The van der Waals surface area contributed by atoms with E-state index in [2.05, 4.69) is 0 Å². The van der Waals surface area contributed by atoms with Gasteiger partial charge in [-0.1, -0.05) is 0 Å². The van der Waals surface area contributed by atoms with Crippen molar-refractivity contribution >= 4 is 15.9 Å². The van der Waals surface area contributed by atoms with Crippen molar-refractivity contribution in [2.45, 2.75) is 18.9 Å². The second kappa shape index (κ2) is 5.14. The summed E-state index contributed by atoms with van der Waals surface area (Å²) in [5.41, 5.74) is 0. The average Bonchev–Trinajstić information content (AvgIpc) is 3.13. The summed E-state index contributed by atoms with van der Waals surface area (Å²) in [6.45, 7) is 1.67. The summed E-state index contributed by atoms with van der Waals surface area (Å²) in [7, 11) is -1.58. The molecule has 1 saturated heterocycles. The van der Waals surface area contributed by atoms with Gasteiger partial charge in [0.2, 0.25) is 10.0 Å². The monoisotopic (exact) mass is 276 g/mol. The summed E-state index contributed by atoms with van der Waals surface area (Å²) in [5.74, 6) is 0.364. The maximum atomic E-state index is 12.2. The molecule has 1 heterocycles. The number of methoxy groups -OCH3 is 1. The van der Waals surface area contributed by atoms with Gasteiger partial charge in [0.25, 0.3) is 5.91 Å². The number of piperazine rings is 1. The summed E-state index contributed by atoms with van der Waals surface area (Å²) in [6, 6.07) is 0. The molecule has 7 heteroatoms. The second-order valence-electron chi connectivity index (χ2n) is 4.98. The standard InChI is InChI=1S/C11H20N2O4S/c1-17-10(9-3-4-9)11(14)12-5-7-13(8-6-12)18(2,15)16/h9-10H,3-8H2,1-2H3. The predicted molar refractivity (Wildman–Crippen MR) is 66.5 cm³/mol. The van der Waals surface area contributed by atoms with E-state index in [0.717, 1.165) is 12.8 Å². The Bertz CT molecular complexity index is 411. The van der Waals surface area contributed by atoms with E-state index in [1.54, 1.807) is 12.0 Å². The van der Waals surface area contributed by atoms with Gasteiger partial charge in [-0.2, -0.15) is 4.31 Å². The van der Waals surface area contributed by atoms with Crippen LogP contribution >= 0.6 is 0 Å². The van der Waals surface area contributed by atoms with Crippen molar-refractivity contribution in [2.75, 3.05) is 39.5 Å². The van der Waals surface area contributed by atoms with Crippen molar-refractivity contribution in [3.05, 3.63) is 0 Å². The molecule has 2 rings (SSSR count). The molecule has 0 spiro atoms. The molecule has 1 saturated carbocycles. The van der Waals surface area contributed by atoms with Crippen LogP contribution in [0.5, 0.6) is 0 Å². The number of carbonyl (C=O) groups is 1. The van der Waals surface area contributed by atoms with E-state index >= 15 is 0 Å². The number of hydrogen-bond acceptors (Lipinski definition) is 4. The molecular weight excluding hydrogens is 256 g/mol. The van der Waals surface area contributed by atoms with E-state index in [1.165, 1.54) is 10.6 Å². The summed E-state index contributed by atoms with van der Waals surface area (Å²) < 4.78 is 29.4. The first-order valence-corrected chi connectivity index (χ1v) is 8.05. The normalized spacial score (nSPS) is 24.0. The highest BCUT2D eigenvalue weighted by Gasteiger charge is 2.39. The first kappa shape index (κ1) is 13.8. The molecule has 0 aromatic rings. The fourth-order valence-corrected chi connectivity index (χ4v) is 3.14. The third kappa shape index (κ3) is 3.02. The minimum Gasteiger partial charge on any atom is -0.371 e. The van der Waals surface area contributed by atoms with Crippen LogP contribution in [0.15, 0.2) is 0 Å². The lowest BCUT2D eigenvalue weighted by Crippen LogP contribution is -2.53. The second-order valence-corrected chi connectivity index (χ2v) is 6.96. The van der Waals surface area contributed by atoms with E-state index in [0.29, 0.717) is 32.1 Å². The van der Waals surface area contributed by atoms with Crippen LogP contribution in [-0.4, -0.2) is 69.2 Å². The Labute approximate surface area is 108 Å². The van der Waals surface area contributed by atoms with Crippen LogP contribution in [0.2, 0.25) is 0 Å². The lowest BCUT2D eigenvalue weighted by atomic mass is 10.2. The molecule has 0 aromatic carbocycles. The van der Waals surface area contributed by atoms with Crippen molar-refractivity contribution in [3.8, 4) is 0 Å². The number of hydrogen-bond donors (Lipinski definition) is 0. The van der Waals surface area contributed by atoms with Crippen molar-refractivity contribution in [2.24, 2.45) is 5.92 Å². The minimum absolute atomic E-state index is 0.00755. The first-order valence-electron chi connectivity index (χ1n) is 6.20. The van der Waals surface area contributed by atoms with Gasteiger partial charge in [0.1, 0.15) is 6.10 Å². The van der Waals surface area contributed by atoms with Crippen LogP contribution in [0.4, 0.5) is 0 Å². The first-order chi connectivity index (χ1) is 8.43. The smallest absolute Gasteiger partial charge is 0.252 e. The summed E-state index contributed by atoms with van der Waals surface area (Å²) >= 11 is 0. The average molecular weight is 276 g/mol. The Kier molecular flexibility index (Phi) is 3.93. The Morgan fingerprint density at radius 1 is 1.22 bits per heavy atom. The zero-order valence-electron chi connectivity index (χ0n) is 10.8. The van der Waals surface area contributed by atoms with Gasteiger partial charge in [0.05, 0.1) is 6.26 Å². The van der Waals surface area contributed by atoms with Gasteiger partial charge in [-0.3, -0.25) is 4.79 Å². The molecular formula is C11H20N2O4S. The topological polar surface area (TPSA) is 66.9 Å². The summed E-state index contributed by atoms with van der Waals surface area (Å²) in [6.07, 6.45) is 2.96. The molecule has 1 unspecified atom stereocenters. The molecule has 1 aliphatic heterocycles. The van der Waals surface area contributed by atoms with Crippen LogP contribution in [0.25, 0.3) is 0 Å². The Hall–Kier alpha value is -0.660. The van der Waals surface area contributed by atoms with Crippen LogP contribution < -0.4 is 0 Å². The number of ether oxygens (including phenoxy) is 1. The molecule has 0 N–H and O–H groups in total. The third-order valence-corrected chi connectivity index (χ3v) is 4.87. The van der Waals surface area contributed by atoms with Crippen LogP contribution in [0.3, 0.4) is 0 Å². The number of sulfonamides is 1. The molecule has 0 radical (unpaired) electrons. The molecule has 2 fully saturated rings. The quantitative estimate of drug-likeness (QED) is 0.695. The summed E-state index contributed by atoms with van der Waals surface area (Å²) in [5, 5.41) is 0. The van der Waals surface area contributed by atoms with Gasteiger partial charge in [0, 0.05) is 33.3 Å². The minimum atomic E-state index is -3.14. The highest BCUT2D eigenvalue weighted by Crippen LogP contribution is 2.35. The van der Waals surface area contributed by atoms with Gasteiger partial charge in [-0.25, -0.2) is 8.42 Å². The largest absolute Gasteiger partial charge is 0.371 e. The van der Waals surface area contributed by atoms with E-state index in [1.807, 2.05) is 0 Å². The molecule has 6 nitrogen and oxygen atoms in total. The molecule has 0 aromatic heterocycles. The van der Waals surface area contributed by atoms with E-state index < -0.39 is 10.0 Å². The van der Waals surface area contributed by atoms with Crippen LogP contribution in [0.1, 0.15) is 12.8 Å². The van der Waals surface area contributed by atoms with Gasteiger partial charge < -0.3 is 9.64 Å². The van der Waals surface area contributed by atoms with Gasteiger partial charge >= 0.3 is 0 Å². The van der Waals surface area contributed by atoms with Crippen molar-refractivity contribution in [1.82, 2.24) is 9.21 Å². The molecule has 18 heavy (non-hydrogen) atoms. The Balaban J connectivity index is 1.91. The van der Waals surface area contributed by atoms with Crippen molar-refractivity contribution in [3.63, 3.8) is 0 Å². The maximum absolute atomic E-state index is 12.2. The van der Waals surface area contributed by atoms with Crippen molar-refractivity contribution in [1.29, 1.82) is 0 Å². The number of rotatable bonds is 4. The van der Waals surface area contributed by atoms with Crippen molar-refractivity contribution < 1.29 is 17.9 Å². The van der Waals surface area contributed by atoms with E-state index in [9.17, 15) is 13.2 Å². The summed E-state index contributed by atoms with van der Waals surface area (Å²) in [4.78, 5) is 13.9. The van der Waals surface area contributed by atoms with Gasteiger partial charge in [-0.05, 0) is 18.8 Å². The fourth-order valence-electron chi connectivity index (χ4n) is 2.31. The third-order valence-electron chi connectivity index (χ3n) is 3.57. The molecule has 1 amide bonds. The number of amides is 1. The zero-order valence-corrected chi connectivity index (χ0v) is 11.6. The number of nitrogens with zero attached hydrogens (tertiary/aromatic N) is 2. The molecule has 0 bridgehead atoms.